The maximum Gasteiger partial charge on any atom is 0.414 e. The average Bonchev–Trinajstić information content (AvgIpc) is 3.51. The maximum absolute atomic E-state index is 13.6. The highest BCUT2D eigenvalue weighted by molar-refractivity contribution is 7.89. The number of carbonyl (C=O) groups excluding carboxylic acids is 4. The van der Waals surface area contributed by atoms with E-state index in [0.717, 1.165) is 16.9 Å². The van der Waals surface area contributed by atoms with E-state index in [0.29, 0.717) is 33.8 Å². The number of esters is 1. The molecule has 1 atom stereocenters. The molecule has 15 nitrogen and oxygen atoms in total. The lowest BCUT2D eigenvalue weighted by molar-refractivity contribution is -0.145. The molecule has 0 saturated heterocycles. The van der Waals surface area contributed by atoms with Gasteiger partial charge < -0.3 is 24.4 Å². The van der Waals surface area contributed by atoms with Gasteiger partial charge in [0.25, 0.3) is 5.91 Å². The predicted octanol–water partition coefficient (Wildman–Crippen LogP) is 5.56. The number of sulfonamides is 1. The number of amides is 3. The molecule has 0 radical (unpaired) electrons. The second kappa shape index (κ2) is 18.7. The zero-order valence-electron chi connectivity index (χ0n) is 33.2. The van der Waals surface area contributed by atoms with Crippen LogP contribution in [0.2, 0.25) is 0 Å². The van der Waals surface area contributed by atoms with Crippen LogP contribution in [0.15, 0.2) is 58.4 Å². The van der Waals surface area contributed by atoms with E-state index in [2.05, 4.69) is 25.7 Å². The van der Waals surface area contributed by atoms with E-state index < -0.39 is 51.3 Å². The fourth-order valence-corrected chi connectivity index (χ4v) is 7.64. The molecule has 2 aromatic carbocycles. The normalized spacial score (nSPS) is 12.4. The molecule has 0 aliphatic rings. The molecule has 4 N–H and O–H groups in total. The number of guanidine groups is 1. The molecule has 1 heterocycles. The van der Waals surface area contributed by atoms with Crippen LogP contribution < -0.4 is 20.7 Å². The highest BCUT2D eigenvalue weighted by atomic mass is 32.2. The van der Waals surface area contributed by atoms with Crippen LogP contribution in [0, 0.1) is 20.8 Å². The number of ether oxygens (including phenoxy) is 3. The van der Waals surface area contributed by atoms with Gasteiger partial charge in [0.2, 0.25) is 16.0 Å². The first-order valence-corrected chi connectivity index (χ1v) is 19.7. The molecule has 0 aliphatic heterocycles. The highest BCUT2D eigenvalue weighted by Crippen LogP contribution is 2.31. The number of nitrogens with one attached hydrogen (secondary N) is 4. The van der Waals surface area contributed by atoms with Crippen LogP contribution in [0.5, 0.6) is 0 Å². The Morgan fingerprint density at radius 2 is 1.44 bits per heavy atom. The molecule has 300 valence electrons. The molecule has 3 rings (SSSR count). The fraction of sp³-hybridized carbons (Fsp3) is 0.447. The number of thiophene rings is 1. The van der Waals surface area contributed by atoms with Crippen LogP contribution in [-0.4, -0.2) is 94.4 Å². The Morgan fingerprint density at radius 3 is 1.98 bits per heavy atom. The van der Waals surface area contributed by atoms with E-state index in [1.807, 2.05) is 11.8 Å². The van der Waals surface area contributed by atoms with Crippen molar-refractivity contribution < 1.29 is 41.8 Å². The summed E-state index contributed by atoms with van der Waals surface area (Å²) in [5, 5.41) is 7.56. The number of rotatable bonds is 12. The van der Waals surface area contributed by atoms with E-state index in [4.69, 9.17) is 14.2 Å². The van der Waals surface area contributed by atoms with E-state index in [1.54, 1.807) is 118 Å². The van der Waals surface area contributed by atoms with E-state index in [1.165, 1.54) is 0 Å². The van der Waals surface area contributed by atoms with Crippen molar-refractivity contribution in [3.05, 3.63) is 70.1 Å². The third-order valence-electron chi connectivity index (χ3n) is 7.14. The van der Waals surface area contributed by atoms with Crippen molar-refractivity contribution >= 4 is 57.1 Å². The molecule has 17 heteroatoms. The summed E-state index contributed by atoms with van der Waals surface area (Å²) in [5.41, 5.74) is 1.32. The van der Waals surface area contributed by atoms with Gasteiger partial charge in [-0.05, 0) is 117 Å². The lowest BCUT2D eigenvalue weighted by atomic mass is 10.1. The Labute approximate surface area is 327 Å². The summed E-state index contributed by atoms with van der Waals surface area (Å²) < 4.78 is 45.6. The number of hydrogen-bond acceptors (Lipinski definition) is 12. The summed E-state index contributed by atoms with van der Waals surface area (Å²) in [5.74, 6) is -1.60. The third-order valence-corrected chi connectivity index (χ3v) is 10.1. The Bertz CT molecular complexity index is 1960. The highest BCUT2D eigenvalue weighted by Gasteiger charge is 2.30. The Morgan fingerprint density at radius 1 is 0.855 bits per heavy atom. The van der Waals surface area contributed by atoms with Crippen molar-refractivity contribution in [2.75, 3.05) is 33.8 Å². The summed E-state index contributed by atoms with van der Waals surface area (Å²) in [6.45, 7) is 15.4. The monoisotopic (exact) mass is 800 g/mol. The molecule has 0 saturated carbocycles. The minimum Gasteiger partial charge on any atom is -0.463 e. The number of aryl methyl sites for hydroxylation is 3. The zero-order valence-corrected chi connectivity index (χ0v) is 34.8. The second-order valence-electron chi connectivity index (χ2n) is 15.0. The van der Waals surface area contributed by atoms with Gasteiger partial charge in [-0.2, -0.15) is 4.72 Å². The van der Waals surface area contributed by atoms with Crippen LogP contribution in [0.25, 0.3) is 10.4 Å². The molecule has 0 bridgehead atoms. The van der Waals surface area contributed by atoms with Crippen LogP contribution in [0.4, 0.5) is 15.3 Å². The Kier molecular flexibility index (Phi) is 15.1. The molecule has 0 aliphatic carbocycles. The second-order valence-corrected chi connectivity index (χ2v) is 17.7. The van der Waals surface area contributed by atoms with Gasteiger partial charge in [-0.15, -0.1) is 11.3 Å². The third kappa shape index (κ3) is 14.7. The van der Waals surface area contributed by atoms with Crippen LogP contribution >= 0.6 is 11.3 Å². The molecule has 1 aromatic heterocycles. The number of aliphatic imine (C=N–C) groups is 1. The summed E-state index contributed by atoms with van der Waals surface area (Å²) in [6.07, 6.45) is -1.69. The first kappa shape index (κ1) is 44.6. The Balaban J connectivity index is 1.83. The van der Waals surface area contributed by atoms with E-state index in [9.17, 15) is 27.6 Å². The van der Waals surface area contributed by atoms with Gasteiger partial charge in [0, 0.05) is 18.0 Å². The summed E-state index contributed by atoms with van der Waals surface area (Å²) >= 11 is 1.15. The number of hydrogen-bond donors (Lipinski definition) is 4. The van der Waals surface area contributed by atoms with Crippen LogP contribution in [-0.2, 0) is 29.0 Å². The predicted molar refractivity (Wildman–Crippen MR) is 212 cm³/mol. The van der Waals surface area contributed by atoms with Crippen molar-refractivity contribution in [1.82, 2.24) is 25.6 Å². The van der Waals surface area contributed by atoms with Gasteiger partial charge in [0.05, 0.1) is 15.5 Å². The lowest BCUT2D eigenvalue weighted by Crippen LogP contribution is -2.49. The van der Waals surface area contributed by atoms with Gasteiger partial charge in [0.15, 0.2) is 0 Å². The van der Waals surface area contributed by atoms with Gasteiger partial charge in [-0.3, -0.25) is 20.2 Å². The minimum absolute atomic E-state index is 0.0214. The van der Waals surface area contributed by atoms with Gasteiger partial charge in [-0.1, -0.05) is 29.8 Å². The lowest BCUT2D eigenvalue weighted by Gasteiger charge is -2.22. The zero-order chi connectivity index (χ0) is 41.3. The maximum atomic E-state index is 13.6. The molecule has 0 fully saturated rings. The first-order valence-electron chi connectivity index (χ1n) is 17.4. The van der Waals surface area contributed by atoms with Crippen molar-refractivity contribution in [3.63, 3.8) is 0 Å². The quantitative estimate of drug-likeness (QED) is 0.0780. The average molecular weight is 801 g/mol. The van der Waals surface area contributed by atoms with Gasteiger partial charge in [-0.25, -0.2) is 23.0 Å². The molecule has 3 aromatic rings. The van der Waals surface area contributed by atoms with Crippen LogP contribution in [0.3, 0.4) is 0 Å². The first-order chi connectivity index (χ1) is 25.4. The topological polar surface area (TPSA) is 194 Å². The van der Waals surface area contributed by atoms with Crippen molar-refractivity contribution in [1.29, 1.82) is 0 Å². The number of benzene rings is 2. The standard InChI is InChI=1S/C38H52N6O9S2/c1-23-19-24(2)31(25(3)20-23)55(49,50)43-28(33(46)51-18-17-44(10)11)22-39-32(45)30-16-15-29(54-30)26-13-12-14-27(21-26)40-34(41-35(47)52-37(4,5)6)42-36(48)53-38(7,8)9/h12-16,19-21,28,43H,17-18,22H2,1-11H3,(H,39,45)(H2,40,41,42,47,48). The summed E-state index contributed by atoms with van der Waals surface area (Å²) in [4.78, 5) is 58.8. The molecular weight excluding hydrogens is 749 g/mol. The van der Waals surface area contributed by atoms with E-state index in [-0.39, 0.29) is 28.9 Å². The van der Waals surface area contributed by atoms with Crippen molar-refractivity contribution in [2.45, 2.75) is 84.5 Å². The summed E-state index contributed by atoms with van der Waals surface area (Å²) in [6, 6.07) is 12.2. The largest absolute Gasteiger partial charge is 0.463 e. The molecule has 1 unspecified atom stereocenters. The number of alkyl carbamates (subject to hydrolysis) is 2. The number of nitrogens with zero attached hydrogens (tertiary/aromatic N) is 2. The Hall–Kier alpha value is -4.84. The fourth-order valence-electron chi connectivity index (χ4n) is 5.08. The smallest absolute Gasteiger partial charge is 0.414 e. The molecular formula is C38H52N6O9S2. The summed E-state index contributed by atoms with van der Waals surface area (Å²) in [7, 11) is -0.579. The van der Waals surface area contributed by atoms with E-state index >= 15 is 0 Å². The molecule has 3 amide bonds. The van der Waals surface area contributed by atoms with Gasteiger partial charge >= 0.3 is 18.2 Å². The minimum atomic E-state index is -4.19. The number of carbonyl (C=O) groups is 4. The number of likely N-dealkylation sites (N-methyl/N-ethyl adjacent to an activating group) is 1. The SMILES string of the molecule is Cc1cc(C)c(S(=O)(=O)NC(CNC(=O)c2ccc(-c3cccc(N=C(NC(=O)OC(C)(C)C)NC(=O)OC(C)(C)C)c3)s2)C(=O)OCCN(C)C)c(C)c1. The molecule has 55 heavy (non-hydrogen) atoms. The van der Waals surface area contributed by atoms with Gasteiger partial charge in [0.1, 0.15) is 23.9 Å². The molecule has 0 spiro atoms. The van der Waals surface area contributed by atoms with Crippen molar-refractivity contribution in [2.24, 2.45) is 4.99 Å². The van der Waals surface area contributed by atoms with Crippen LogP contribution in [0.1, 0.15) is 67.9 Å². The van der Waals surface area contributed by atoms with Crippen molar-refractivity contribution in [3.8, 4) is 10.4 Å².